The molecule has 0 aliphatic rings. The number of hydrogen-bond acceptors (Lipinski definition) is 2. The number of halogens is 1. The average Bonchev–Trinajstić information content (AvgIpc) is 2.48. The summed E-state index contributed by atoms with van der Waals surface area (Å²) >= 11 is 5.95. The maximum atomic E-state index is 5.95. The van der Waals surface area contributed by atoms with Gasteiger partial charge in [-0.2, -0.15) is 0 Å². The van der Waals surface area contributed by atoms with Gasteiger partial charge in [0.2, 0.25) is 0 Å². The van der Waals surface area contributed by atoms with Gasteiger partial charge in [-0.25, -0.2) is 0 Å². The Kier molecular flexibility index (Phi) is 5.81. The fraction of sp³-hybridized carbons (Fsp3) is 0.471. The van der Waals surface area contributed by atoms with Gasteiger partial charge in [0.1, 0.15) is 0 Å². The zero-order valence-corrected chi connectivity index (χ0v) is 13.1. The Hall–Kier alpha value is -1.12. The molecule has 0 radical (unpaired) electrons. The van der Waals surface area contributed by atoms with Crippen LogP contribution in [0.2, 0.25) is 0 Å². The summed E-state index contributed by atoms with van der Waals surface area (Å²) < 4.78 is 0. The second-order valence-electron chi connectivity index (χ2n) is 5.13. The van der Waals surface area contributed by atoms with Crippen molar-refractivity contribution in [2.75, 3.05) is 12.4 Å². The molecule has 0 spiro atoms. The van der Waals surface area contributed by atoms with Gasteiger partial charge in [0, 0.05) is 30.4 Å². The molecule has 0 saturated heterocycles. The standard InChI is InChI=1S/C17H23ClN2/c1-3-16(4-2)20(12-11-18)13-15-10-9-14-7-5-6-8-17(14)19-15/h5-10,16H,3-4,11-13H2,1-2H3. The second-order valence-corrected chi connectivity index (χ2v) is 5.50. The first-order valence-corrected chi connectivity index (χ1v) is 7.96. The summed E-state index contributed by atoms with van der Waals surface area (Å²) in [6.45, 7) is 6.28. The van der Waals surface area contributed by atoms with Crippen molar-refractivity contribution in [3.8, 4) is 0 Å². The summed E-state index contributed by atoms with van der Waals surface area (Å²) in [5.74, 6) is 0.671. The molecule has 0 aliphatic heterocycles. The molecular weight excluding hydrogens is 268 g/mol. The van der Waals surface area contributed by atoms with E-state index in [0.717, 1.165) is 37.1 Å². The lowest BCUT2D eigenvalue weighted by Crippen LogP contribution is -2.35. The van der Waals surface area contributed by atoms with Crippen LogP contribution in [0.1, 0.15) is 32.4 Å². The average molecular weight is 291 g/mol. The van der Waals surface area contributed by atoms with Gasteiger partial charge in [-0.3, -0.25) is 9.88 Å². The predicted molar refractivity (Wildman–Crippen MR) is 87.2 cm³/mol. The third kappa shape index (κ3) is 3.71. The molecule has 2 aromatic rings. The van der Waals surface area contributed by atoms with Crippen LogP contribution in [0.3, 0.4) is 0 Å². The van der Waals surface area contributed by atoms with Crippen molar-refractivity contribution < 1.29 is 0 Å². The number of alkyl halides is 1. The predicted octanol–water partition coefficient (Wildman–Crippen LogP) is 4.46. The Labute approximate surface area is 126 Å². The fourth-order valence-electron chi connectivity index (χ4n) is 2.71. The van der Waals surface area contributed by atoms with E-state index in [1.54, 1.807) is 0 Å². The lowest BCUT2D eigenvalue weighted by Gasteiger charge is -2.29. The Morgan fingerprint density at radius 1 is 1.10 bits per heavy atom. The zero-order valence-electron chi connectivity index (χ0n) is 12.3. The van der Waals surface area contributed by atoms with Gasteiger partial charge < -0.3 is 0 Å². The van der Waals surface area contributed by atoms with E-state index in [1.165, 1.54) is 5.39 Å². The smallest absolute Gasteiger partial charge is 0.0705 e. The summed E-state index contributed by atoms with van der Waals surface area (Å²) in [5, 5.41) is 1.20. The van der Waals surface area contributed by atoms with Crippen LogP contribution >= 0.6 is 11.6 Å². The van der Waals surface area contributed by atoms with Gasteiger partial charge in [0.05, 0.1) is 11.2 Å². The minimum absolute atomic E-state index is 0.585. The highest BCUT2D eigenvalue weighted by Crippen LogP contribution is 2.16. The Balaban J connectivity index is 2.19. The molecule has 0 N–H and O–H groups in total. The van der Waals surface area contributed by atoms with Crippen molar-refractivity contribution >= 4 is 22.5 Å². The van der Waals surface area contributed by atoms with Crippen LogP contribution in [0.4, 0.5) is 0 Å². The number of aromatic nitrogens is 1. The highest BCUT2D eigenvalue weighted by molar-refractivity contribution is 6.18. The third-order valence-corrected chi connectivity index (χ3v) is 4.02. The maximum absolute atomic E-state index is 5.95. The molecule has 2 rings (SSSR count). The van der Waals surface area contributed by atoms with Gasteiger partial charge in [0.25, 0.3) is 0 Å². The molecule has 0 aliphatic carbocycles. The van der Waals surface area contributed by atoms with E-state index in [0.29, 0.717) is 11.9 Å². The summed E-state index contributed by atoms with van der Waals surface area (Å²) in [4.78, 5) is 7.21. The first kappa shape index (κ1) is 15.3. The molecule has 0 unspecified atom stereocenters. The third-order valence-electron chi connectivity index (χ3n) is 3.85. The number of nitrogens with zero attached hydrogens (tertiary/aromatic N) is 2. The van der Waals surface area contributed by atoms with Gasteiger partial charge in [-0.1, -0.05) is 38.1 Å². The largest absolute Gasteiger partial charge is 0.293 e. The van der Waals surface area contributed by atoms with Gasteiger partial charge >= 0.3 is 0 Å². The van der Waals surface area contributed by atoms with Crippen molar-refractivity contribution in [2.45, 2.75) is 39.3 Å². The number of benzene rings is 1. The van der Waals surface area contributed by atoms with Gasteiger partial charge in [-0.05, 0) is 25.0 Å². The number of pyridine rings is 1. The monoisotopic (exact) mass is 290 g/mol. The molecule has 1 aromatic heterocycles. The highest BCUT2D eigenvalue weighted by Gasteiger charge is 2.15. The summed E-state index contributed by atoms with van der Waals surface area (Å²) in [7, 11) is 0. The normalized spacial score (nSPS) is 11.7. The second kappa shape index (κ2) is 7.61. The van der Waals surface area contributed by atoms with Crippen LogP contribution in [-0.4, -0.2) is 28.4 Å². The highest BCUT2D eigenvalue weighted by atomic mass is 35.5. The van der Waals surface area contributed by atoms with Crippen LogP contribution < -0.4 is 0 Å². The van der Waals surface area contributed by atoms with E-state index >= 15 is 0 Å². The summed E-state index contributed by atoms with van der Waals surface area (Å²) in [5.41, 5.74) is 2.20. The quantitative estimate of drug-likeness (QED) is 0.700. The van der Waals surface area contributed by atoms with Crippen LogP contribution in [-0.2, 0) is 6.54 Å². The molecule has 0 bridgehead atoms. The lowest BCUT2D eigenvalue weighted by molar-refractivity contribution is 0.186. The molecule has 20 heavy (non-hydrogen) atoms. The molecule has 108 valence electrons. The summed E-state index contributed by atoms with van der Waals surface area (Å²) in [6, 6.07) is 13.1. The SMILES string of the molecule is CCC(CC)N(CCCl)Cc1ccc2ccccc2n1. The van der Waals surface area contributed by atoms with Crippen molar-refractivity contribution in [1.82, 2.24) is 9.88 Å². The van der Waals surface area contributed by atoms with Crippen LogP contribution in [0.25, 0.3) is 10.9 Å². The van der Waals surface area contributed by atoms with E-state index in [2.05, 4.69) is 43.0 Å². The first-order valence-electron chi connectivity index (χ1n) is 7.43. The van der Waals surface area contributed by atoms with E-state index in [9.17, 15) is 0 Å². The van der Waals surface area contributed by atoms with E-state index in [-0.39, 0.29) is 0 Å². The minimum Gasteiger partial charge on any atom is -0.293 e. The van der Waals surface area contributed by atoms with Crippen molar-refractivity contribution in [2.24, 2.45) is 0 Å². The van der Waals surface area contributed by atoms with E-state index in [1.807, 2.05) is 12.1 Å². The number of hydrogen-bond donors (Lipinski definition) is 0. The molecular formula is C17H23ClN2. The molecule has 0 atom stereocenters. The Morgan fingerprint density at radius 3 is 2.55 bits per heavy atom. The fourth-order valence-corrected chi connectivity index (χ4v) is 2.93. The molecule has 0 saturated carbocycles. The Morgan fingerprint density at radius 2 is 1.85 bits per heavy atom. The molecule has 1 heterocycles. The van der Waals surface area contributed by atoms with Crippen molar-refractivity contribution in [3.63, 3.8) is 0 Å². The Bertz CT molecular complexity index is 537. The van der Waals surface area contributed by atoms with E-state index < -0.39 is 0 Å². The number of para-hydroxylation sites is 1. The van der Waals surface area contributed by atoms with Crippen LogP contribution in [0, 0.1) is 0 Å². The molecule has 1 aromatic carbocycles. The molecule has 0 fully saturated rings. The van der Waals surface area contributed by atoms with Crippen LogP contribution in [0.15, 0.2) is 36.4 Å². The number of fused-ring (bicyclic) bond motifs is 1. The van der Waals surface area contributed by atoms with Crippen molar-refractivity contribution in [1.29, 1.82) is 0 Å². The lowest BCUT2D eigenvalue weighted by atomic mass is 10.1. The van der Waals surface area contributed by atoms with Crippen LogP contribution in [0.5, 0.6) is 0 Å². The van der Waals surface area contributed by atoms with Crippen molar-refractivity contribution in [3.05, 3.63) is 42.1 Å². The molecule has 3 heteroatoms. The number of rotatable bonds is 7. The first-order chi connectivity index (χ1) is 9.78. The van der Waals surface area contributed by atoms with Gasteiger partial charge in [-0.15, -0.1) is 11.6 Å². The molecule has 2 nitrogen and oxygen atoms in total. The minimum atomic E-state index is 0.585. The van der Waals surface area contributed by atoms with Gasteiger partial charge in [0.15, 0.2) is 0 Å². The zero-order chi connectivity index (χ0) is 14.4. The topological polar surface area (TPSA) is 16.1 Å². The molecule has 0 amide bonds. The maximum Gasteiger partial charge on any atom is 0.0705 e. The van der Waals surface area contributed by atoms with E-state index in [4.69, 9.17) is 16.6 Å². The summed E-state index contributed by atoms with van der Waals surface area (Å²) in [6.07, 6.45) is 2.31.